The first-order chi connectivity index (χ1) is 8.02. The number of carbonyl (C=O) groups excluding carboxylic acids is 1. The summed E-state index contributed by atoms with van der Waals surface area (Å²) in [7, 11) is 0. The minimum absolute atomic E-state index is 0.106. The fourth-order valence-corrected chi connectivity index (χ4v) is 1.26. The van der Waals surface area contributed by atoms with Crippen LogP contribution >= 0.6 is 0 Å². The Kier molecular flexibility index (Phi) is 8.13. The van der Waals surface area contributed by atoms with Gasteiger partial charge in [-0.25, -0.2) is 9.59 Å². The molecule has 0 aromatic heterocycles. The molecule has 0 heterocycles. The summed E-state index contributed by atoms with van der Waals surface area (Å²) in [6, 6.07) is -1.33. The number of nitrogens with one attached hydrogen (secondary N) is 2. The van der Waals surface area contributed by atoms with Gasteiger partial charge in [0.1, 0.15) is 6.04 Å². The zero-order valence-corrected chi connectivity index (χ0v) is 10.7. The standard InChI is InChI=1S/C11H22N2O4/c1-4-8(3)9(10(14)15)13-11(16)12-6-7-17-5-2/h8-9H,4-7H2,1-3H3,(H,14,15)(H2,12,13,16)/t8-,9-/m0/s1. The monoisotopic (exact) mass is 246 g/mol. The molecule has 0 fully saturated rings. The molecule has 0 aliphatic rings. The summed E-state index contributed by atoms with van der Waals surface area (Å²) in [5.41, 5.74) is 0. The van der Waals surface area contributed by atoms with Crippen molar-refractivity contribution in [1.29, 1.82) is 0 Å². The van der Waals surface area contributed by atoms with Crippen molar-refractivity contribution in [1.82, 2.24) is 10.6 Å². The van der Waals surface area contributed by atoms with E-state index in [1.165, 1.54) is 0 Å². The molecular formula is C11H22N2O4. The maximum absolute atomic E-state index is 11.4. The topological polar surface area (TPSA) is 87.7 Å². The zero-order chi connectivity index (χ0) is 13.3. The SMILES string of the molecule is CCOCCNC(=O)N[C@H](C(=O)O)[C@@H](C)CC. The number of amides is 2. The normalized spacial score (nSPS) is 13.8. The molecule has 0 saturated heterocycles. The summed E-state index contributed by atoms with van der Waals surface area (Å²) in [6.45, 7) is 6.92. The lowest BCUT2D eigenvalue weighted by Gasteiger charge is -2.20. The lowest BCUT2D eigenvalue weighted by Crippen LogP contribution is -2.49. The van der Waals surface area contributed by atoms with Crippen LogP contribution < -0.4 is 10.6 Å². The van der Waals surface area contributed by atoms with Crippen LogP contribution in [0.5, 0.6) is 0 Å². The van der Waals surface area contributed by atoms with E-state index < -0.39 is 18.0 Å². The van der Waals surface area contributed by atoms with Crippen LogP contribution in [0.1, 0.15) is 27.2 Å². The Morgan fingerprint density at radius 2 is 2.00 bits per heavy atom. The number of urea groups is 1. The Bertz CT molecular complexity index is 246. The number of hydrogen-bond acceptors (Lipinski definition) is 3. The molecule has 0 aliphatic carbocycles. The molecule has 2 amide bonds. The van der Waals surface area contributed by atoms with E-state index >= 15 is 0 Å². The number of rotatable bonds is 8. The van der Waals surface area contributed by atoms with Gasteiger partial charge in [0.25, 0.3) is 0 Å². The molecule has 0 unspecified atom stereocenters. The van der Waals surface area contributed by atoms with E-state index in [1.807, 2.05) is 13.8 Å². The number of hydrogen-bond donors (Lipinski definition) is 3. The van der Waals surface area contributed by atoms with Crippen LogP contribution in [0.25, 0.3) is 0 Å². The summed E-state index contributed by atoms with van der Waals surface area (Å²) in [5, 5.41) is 13.9. The Balaban J connectivity index is 4.00. The van der Waals surface area contributed by atoms with E-state index in [-0.39, 0.29) is 5.92 Å². The van der Waals surface area contributed by atoms with Gasteiger partial charge < -0.3 is 20.5 Å². The van der Waals surface area contributed by atoms with Gasteiger partial charge in [-0.3, -0.25) is 0 Å². The molecule has 3 N–H and O–H groups in total. The maximum atomic E-state index is 11.4. The Morgan fingerprint density at radius 1 is 1.35 bits per heavy atom. The first kappa shape index (κ1) is 15.7. The molecule has 17 heavy (non-hydrogen) atoms. The molecule has 0 bridgehead atoms. The van der Waals surface area contributed by atoms with Crippen LogP contribution in [0.15, 0.2) is 0 Å². The zero-order valence-electron chi connectivity index (χ0n) is 10.7. The lowest BCUT2D eigenvalue weighted by atomic mass is 9.99. The molecular weight excluding hydrogens is 224 g/mol. The minimum atomic E-state index is -1.01. The van der Waals surface area contributed by atoms with Gasteiger partial charge in [0, 0.05) is 13.2 Å². The van der Waals surface area contributed by atoms with E-state index in [4.69, 9.17) is 9.84 Å². The molecule has 0 aromatic rings. The summed E-state index contributed by atoms with van der Waals surface area (Å²) < 4.78 is 5.05. The number of carbonyl (C=O) groups is 2. The van der Waals surface area contributed by atoms with Crippen LogP contribution in [0, 0.1) is 5.92 Å². The average Bonchev–Trinajstić information content (AvgIpc) is 2.30. The molecule has 0 spiro atoms. The van der Waals surface area contributed by atoms with E-state index in [0.717, 1.165) is 0 Å². The highest BCUT2D eigenvalue weighted by Gasteiger charge is 2.24. The van der Waals surface area contributed by atoms with Gasteiger partial charge in [0.05, 0.1) is 6.61 Å². The minimum Gasteiger partial charge on any atom is -0.480 e. The molecule has 2 atom stereocenters. The van der Waals surface area contributed by atoms with Crippen LogP contribution in [0.4, 0.5) is 4.79 Å². The summed E-state index contributed by atoms with van der Waals surface area (Å²) in [6.07, 6.45) is 0.691. The second-order valence-electron chi connectivity index (χ2n) is 3.80. The van der Waals surface area contributed by atoms with E-state index in [9.17, 15) is 9.59 Å². The molecule has 0 rings (SSSR count). The smallest absolute Gasteiger partial charge is 0.326 e. The Morgan fingerprint density at radius 3 is 2.47 bits per heavy atom. The van der Waals surface area contributed by atoms with Crippen LogP contribution in [0.2, 0.25) is 0 Å². The number of carboxylic acids is 1. The van der Waals surface area contributed by atoms with E-state index in [0.29, 0.717) is 26.2 Å². The quantitative estimate of drug-likeness (QED) is 0.553. The molecule has 0 aliphatic heterocycles. The highest BCUT2D eigenvalue weighted by Crippen LogP contribution is 2.07. The molecule has 6 heteroatoms. The second kappa shape index (κ2) is 8.81. The molecule has 0 saturated carbocycles. The van der Waals surface area contributed by atoms with Gasteiger partial charge in [-0.1, -0.05) is 20.3 Å². The van der Waals surface area contributed by atoms with Gasteiger partial charge >= 0.3 is 12.0 Å². The van der Waals surface area contributed by atoms with E-state index in [2.05, 4.69) is 10.6 Å². The average molecular weight is 246 g/mol. The third-order valence-electron chi connectivity index (χ3n) is 2.50. The van der Waals surface area contributed by atoms with Crippen molar-refractivity contribution in [2.45, 2.75) is 33.2 Å². The first-order valence-corrected chi connectivity index (χ1v) is 5.87. The van der Waals surface area contributed by atoms with Gasteiger partial charge in [-0.15, -0.1) is 0 Å². The van der Waals surface area contributed by atoms with Gasteiger partial charge in [-0.05, 0) is 12.8 Å². The van der Waals surface area contributed by atoms with Crippen molar-refractivity contribution >= 4 is 12.0 Å². The highest BCUT2D eigenvalue weighted by molar-refractivity contribution is 5.82. The number of carboxylic acid groups (broad SMARTS) is 1. The Hall–Kier alpha value is -1.30. The molecule has 0 radical (unpaired) electrons. The largest absolute Gasteiger partial charge is 0.480 e. The van der Waals surface area contributed by atoms with Crippen LogP contribution in [0.3, 0.4) is 0 Å². The predicted octanol–water partition coefficient (Wildman–Crippen LogP) is 0.821. The number of aliphatic carboxylic acids is 1. The van der Waals surface area contributed by atoms with Gasteiger partial charge in [0.15, 0.2) is 0 Å². The van der Waals surface area contributed by atoms with Crippen molar-refractivity contribution in [3.8, 4) is 0 Å². The van der Waals surface area contributed by atoms with Crippen LogP contribution in [-0.2, 0) is 9.53 Å². The van der Waals surface area contributed by atoms with Crippen molar-refractivity contribution in [3.63, 3.8) is 0 Å². The maximum Gasteiger partial charge on any atom is 0.326 e. The molecule has 100 valence electrons. The number of ether oxygens (including phenoxy) is 1. The molecule has 6 nitrogen and oxygen atoms in total. The summed E-state index contributed by atoms with van der Waals surface area (Å²) in [4.78, 5) is 22.3. The third-order valence-corrected chi connectivity index (χ3v) is 2.50. The summed E-state index contributed by atoms with van der Waals surface area (Å²) >= 11 is 0. The highest BCUT2D eigenvalue weighted by atomic mass is 16.5. The van der Waals surface area contributed by atoms with Crippen molar-refractivity contribution < 1.29 is 19.4 Å². The lowest BCUT2D eigenvalue weighted by molar-refractivity contribution is -0.140. The van der Waals surface area contributed by atoms with Gasteiger partial charge in [-0.2, -0.15) is 0 Å². The first-order valence-electron chi connectivity index (χ1n) is 5.87. The van der Waals surface area contributed by atoms with Crippen molar-refractivity contribution in [2.75, 3.05) is 19.8 Å². The Labute approximate surface area is 102 Å². The van der Waals surface area contributed by atoms with Crippen molar-refractivity contribution in [3.05, 3.63) is 0 Å². The fraction of sp³-hybridized carbons (Fsp3) is 0.818. The summed E-state index contributed by atoms with van der Waals surface area (Å²) in [5.74, 6) is -1.12. The predicted molar refractivity (Wildman–Crippen MR) is 63.9 cm³/mol. The van der Waals surface area contributed by atoms with Crippen LogP contribution in [-0.4, -0.2) is 42.9 Å². The van der Waals surface area contributed by atoms with Gasteiger partial charge in [0.2, 0.25) is 0 Å². The van der Waals surface area contributed by atoms with Crippen molar-refractivity contribution in [2.24, 2.45) is 5.92 Å². The fourth-order valence-electron chi connectivity index (χ4n) is 1.26. The van der Waals surface area contributed by atoms with E-state index in [1.54, 1.807) is 6.92 Å². The second-order valence-corrected chi connectivity index (χ2v) is 3.80. The molecule has 0 aromatic carbocycles. The third kappa shape index (κ3) is 6.78.